The van der Waals surface area contributed by atoms with E-state index in [2.05, 4.69) is 9.97 Å². The number of carbonyl (C=O) groups excluding carboxylic acids is 1. The van der Waals surface area contributed by atoms with Crippen molar-refractivity contribution in [3.8, 4) is 10.6 Å². The number of carbonyl (C=O) groups is 1. The van der Waals surface area contributed by atoms with Crippen molar-refractivity contribution in [1.29, 1.82) is 0 Å². The van der Waals surface area contributed by atoms with Crippen LogP contribution < -0.4 is 5.56 Å². The first-order chi connectivity index (χ1) is 13.6. The minimum atomic E-state index is -0.497. The Balaban J connectivity index is 1.44. The Morgan fingerprint density at radius 2 is 1.93 bits per heavy atom. The van der Waals surface area contributed by atoms with E-state index < -0.39 is 5.97 Å². The molecular formula is C21H17N3O3S. The molecule has 0 saturated heterocycles. The topological polar surface area (TPSA) is 74.1 Å². The maximum Gasteiger partial charge on any atom is 0.326 e. The van der Waals surface area contributed by atoms with Gasteiger partial charge in [-0.05, 0) is 19.1 Å². The highest BCUT2D eigenvalue weighted by atomic mass is 32.1. The van der Waals surface area contributed by atoms with Gasteiger partial charge in [-0.3, -0.25) is 14.2 Å². The van der Waals surface area contributed by atoms with E-state index in [4.69, 9.17) is 4.74 Å². The molecule has 6 nitrogen and oxygen atoms in total. The fourth-order valence-corrected chi connectivity index (χ4v) is 3.62. The van der Waals surface area contributed by atoms with Gasteiger partial charge in [-0.2, -0.15) is 0 Å². The molecule has 28 heavy (non-hydrogen) atoms. The molecule has 0 saturated carbocycles. The van der Waals surface area contributed by atoms with Crippen molar-refractivity contribution in [3.63, 3.8) is 0 Å². The van der Waals surface area contributed by atoms with Gasteiger partial charge in [0.25, 0.3) is 5.56 Å². The summed E-state index contributed by atoms with van der Waals surface area (Å²) in [5, 5.41) is 2.75. The van der Waals surface area contributed by atoms with Crippen molar-refractivity contribution in [2.24, 2.45) is 0 Å². The molecule has 4 rings (SSSR count). The highest BCUT2D eigenvalue weighted by Crippen LogP contribution is 2.24. The van der Waals surface area contributed by atoms with Gasteiger partial charge in [0.15, 0.2) is 0 Å². The average Bonchev–Trinajstić information content (AvgIpc) is 3.18. The number of aryl methyl sites for hydroxylation is 1. The molecule has 4 aromatic rings. The van der Waals surface area contributed by atoms with Gasteiger partial charge in [-0.15, -0.1) is 11.3 Å². The summed E-state index contributed by atoms with van der Waals surface area (Å²) in [4.78, 5) is 33.0. The van der Waals surface area contributed by atoms with Crippen LogP contribution in [0, 0.1) is 6.92 Å². The summed E-state index contributed by atoms with van der Waals surface area (Å²) in [6, 6.07) is 15.3. The monoisotopic (exact) mass is 391 g/mol. The summed E-state index contributed by atoms with van der Waals surface area (Å²) in [7, 11) is 0. The molecule has 0 aliphatic rings. The van der Waals surface area contributed by atoms with E-state index in [1.807, 2.05) is 42.6 Å². The number of thiazole rings is 1. The van der Waals surface area contributed by atoms with Gasteiger partial charge in [0.1, 0.15) is 18.2 Å². The third kappa shape index (κ3) is 3.84. The molecule has 140 valence electrons. The number of benzene rings is 2. The molecule has 0 atom stereocenters. The number of aromatic nitrogens is 3. The Labute approximate surface area is 165 Å². The number of rotatable bonds is 5. The predicted molar refractivity (Wildman–Crippen MR) is 108 cm³/mol. The zero-order valence-electron chi connectivity index (χ0n) is 15.2. The Morgan fingerprint density at radius 3 is 2.75 bits per heavy atom. The van der Waals surface area contributed by atoms with Crippen LogP contribution in [0.15, 0.2) is 64.9 Å². The summed E-state index contributed by atoms with van der Waals surface area (Å²) in [5.41, 5.74) is 3.81. The third-order valence-corrected chi connectivity index (χ3v) is 5.21. The van der Waals surface area contributed by atoms with Crippen LogP contribution in [-0.2, 0) is 22.7 Å². The Kier molecular flexibility index (Phi) is 4.99. The Morgan fingerprint density at radius 1 is 1.14 bits per heavy atom. The first-order valence-corrected chi connectivity index (χ1v) is 9.60. The lowest BCUT2D eigenvalue weighted by molar-refractivity contribution is -0.145. The van der Waals surface area contributed by atoms with Gasteiger partial charge < -0.3 is 4.74 Å². The molecule has 2 heterocycles. The second-order valence-corrected chi connectivity index (χ2v) is 7.20. The summed E-state index contributed by atoms with van der Waals surface area (Å²) >= 11 is 1.50. The standard InChI is InChI=1S/C21H17N3O3S/c1-14-6-8-15(9-7-14)21-23-16(13-28-21)12-27-20(26)11-24-18-5-3-2-4-17(18)22-10-19(24)25/h2-10,13H,11-12H2,1H3. The molecule has 0 radical (unpaired) electrons. The molecule has 0 unspecified atom stereocenters. The lowest BCUT2D eigenvalue weighted by Gasteiger charge is -2.09. The fourth-order valence-electron chi connectivity index (χ4n) is 2.81. The van der Waals surface area contributed by atoms with Crippen molar-refractivity contribution in [1.82, 2.24) is 14.5 Å². The molecule has 0 aliphatic heterocycles. The van der Waals surface area contributed by atoms with Crippen LogP contribution in [0.5, 0.6) is 0 Å². The number of hydrogen-bond acceptors (Lipinski definition) is 6. The van der Waals surface area contributed by atoms with Gasteiger partial charge in [0.05, 0.1) is 22.9 Å². The van der Waals surface area contributed by atoms with Crippen LogP contribution in [0.2, 0.25) is 0 Å². The minimum absolute atomic E-state index is 0.0684. The van der Waals surface area contributed by atoms with E-state index in [1.165, 1.54) is 27.7 Å². The van der Waals surface area contributed by atoms with Crippen LogP contribution in [0.4, 0.5) is 0 Å². The zero-order chi connectivity index (χ0) is 19.5. The van der Waals surface area contributed by atoms with Crippen LogP contribution in [0.1, 0.15) is 11.3 Å². The van der Waals surface area contributed by atoms with Gasteiger partial charge in [-0.1, -0.05) is 42.0 Å². The van der Waals surface area contributed by atoms with Crippen LogP contribution in [-0.4, -0.2) is 20.5 Å². The van der Waals surface area contributed by atoms with Gasteiger partial charge >= 0.3 is 5.97 Å². The number of para-hydroxylation sites is 2. The Bertz CT molecular complexity index is 1200. The molecule has 0 N–H and O–H groups in total. The van der Waals surface area contributed by atoms with E-state index in [0.29, 0.717) is 16.7 Å². The molecular weight excluding hydrogens is 374 g/mol. The molecule has 2 aromatic heterocycles. The van der Waals surface area contributed by atoms with Crippen molar-refractivity contribution in [3.05, 3.63) is 81.7 Å². The van der Waals surface area contributed by atoms with Gasteiger partial charge in [-0.25, -0.2) is 9.97 Å². The third-order valence-electron chi connectivity index (χ3n) is 4.27. The average molecular weight is 391 g/mol. The molecule has 0 aliphatic carbocycles. The fraction of sp³-hybridized carbons (Fsp3) is 0.143. The zero-order valence-corrected chi connectivity index (χ0v) is 16.0. The SMILES string of the molecule is Cc1ccc(-c2nc(COC(=O)Cn3c(=O)cnc4ccccc43)cs2)cc1. The quantitative estimate of drug-likeness (QED) is 0.486. The summed E-state index contributed by atoms with van der Waals surface area (Å²) < 4.78 is 6.69. The second kappa shape index (κ2) is 7.74. The van der Waals surface area contributed by atoms with E-state index in [1.54, 1.807) is 18.2 Å². The van der Waals surface area contributed by atoms with Crippen molar-refractivity contribution >= 4 is 28.3 Å². The van der Waals surface area contributed by atoms with E-state index in [9.17, 15) is 9.59 Å². The van der Waals surface area contributed by atoms with E-state index >= 15 is 0 Å². The highest BCUT2D eigenvalue weighted by Gasteiger charge is 2.11. The lowest BCUT2D eigenvalue weighted by Crippen LogP contribution is -2.25. The normalized spacial score (nSPS) is 10.9. The van der Waals surface area contributed by atoms with Crippen LogP contribution in [0.25, 0.3) is 21.6 Å². The molecule has 0 amide bonds. The maximum absolute atomic E-state index is 12.3. The van der Waals surface area contributed by atoms with Crippen LogP contribution >= 0.6 is 11.3 Å². The number of nitrogens with zero attached hydrogens (tertiary/aromatic N) is 3. The molecule has 7 heteroatoms. The smallest absolute Gasteiger partial charge is 0.326 e. The van der Waals surface area contributed by atoms with Crippen molar-refractivity contribution in [2.75, 3.05) is 0 Å². The first-order valence-electron chi connectivity index (χ1n) is 8.72. The van der Waals surface area contributed by atoms with Gasteiger partial charge in [0.2, 0.25) is 0 Å². The molecule has 0 spiro atoms. The Hall–Kier alpha value is -3.32. The number of esters is 1. The molecule has 0 fully saturated rings. The minimum Gasteiger partial charge on any atom is -0.458 e. The largest absolute Gasteiger partial charge is 0.458 e. The van der Waals surface area contributed by atoms with Crippen molar-refractivity contribution in [2.45, 2.75) is 20.1 Å². The summed E-state index contributed by atoms with van der Waals surface area (Å²) in [6.45, 7) is 1.93. The van der Waals surface area contributed by atoms with Gasteiger partial charge in [0, 0.05) is 10.9 Å². The molecule has 2 aromatic carbocycles. The maximum atomic E-state index is 12.3. The highest BCUT2D eigenvalue weighted by molar-refractivity contribution is 7.13. The van der Waals surface area contributed by atoms with Crippen LogP contribution in [0.3, 0.4) is 0 Å². The number of fused-ring (bicyclic) bond motifs is 1. The molecule has 0 bridgehead atoms. The first kappa shape index (κ1) is 18.1. The van der Waals surface area contributed by atoms with Crippen molar-refractivity contribution < 1.29 is 9.53 Å². The second-order valence-electron chi connectivity index (χ2n) is 6.34. The summed E-state index contributed by atoms with van der Waals surface area (Å²) in [6.07, 6.45) is 1.21. The number of ether oxygens (including phenoxy) is 1. The van der Waals surface area contributed by atoms with E-state index in [0.717, 1.165) is 10.6 Å². The predicted octanol–water partition coefficient (Wildman–Crippen LogP) is 3.57. The summed E-state index contributed by atoms with van der Waals surface area (Å²) in [5.74, 6) is -0.497. The lowest BCUT2D eigenvalue weighted by atomic mass is 10.2. The van der Waals surface area contributed by atoms with E-state index in [-0.39, 0.29) is 18.7 Å². The number of hydrogen-bond donors (Lipinski definition) is 0.